The Hall–Kier alpha value is -1.62. The molecule has 1 aromatic rings. The van der Waals surface area contributed by atoms with E-state index in [1.165, 1.54) is 6.08 Å². The molecular weight excluding hydrogens is 192 g/mol. The highest BCUT2D eigenvalue weighted by Gasteiger charge is 2.25. The first-order valence-electron chi connectivity index (χ1n) is 4.85. The minimum absolute atomic E-state index is 0.0552. The maximum atomic E-state index is 11.3. The highest BCUT2D eigenvalue weighted by Crippen LogP contribution is 2.22. The predicted octanol–water partition coefficient (Wildman–Crippen LogP) is 0.388. The number of rotatable bonds is 2. The molecule has 1 atom stereocenters. The van der Waals surface area contributed by atoms with E-state index in [9.17, 15) is 4.79 Å². The molecule has 0 bridgehead atoms. The van der Waals surface area contributed by atoms with Gasteiger partial charge in [0.25, 0.3) is 0 Å². The van der Waals surface area contributed by atoms with Crippen LogP contribution in [0.5, 0.6) is 0 Å². The summed E-state index contributed by atoms with van der Waals surface area (Å²) >= 11 is 0. The van der Waals surface area contributed by atoms with Crippen LogP contribution in [0.1, 0.15) is 24.3 Å². The van der Waals surface area contributed by atoms with Crippen molar-refractivity contribution in [1.82, 2.24) is 14.7 Å². The van der Waals surface area contributed by atoms with E-state index >= 15 is 0 Å². The van der Waals surface area contributed by atoms with Crippen molar-refractivity contribution in [1.29, 1.82) is 0 Å². The summed E-state index contributed by atoms with van der Waals surface area (Å²) in [6.45, 7) is 6.49. The molecule has 15 heavy (non-hydrogen) atoms. The molecule has 5 heteroatoms. The first kappa shape index (κ1) is 9.92. The molecule has 5 nitrogen and oxygen atoms in total. The average molecular weight is 206 g/mol. The molecule has 1 aliphatic rings. The van der Waals surface area contributed by atoms with Crippen molar-refractivity contribution in [3.63, 3.8) is 0 Å². The highest BCUT2D eigenvalue weighted by molar-refractivity contribution is 5.87. The number of carbonyl (C=O) groups excluding carboxylic acids is 1. The van der Waals surface area contributed by atoms with Gasteiger partial charge >= 0.3 is 0 Å². The SMILES string of the molecule is C=CC(=O)N1Cc2cn([C@@H](C)N)nc2C1. The fourth-order valence-corrected chi connectivity index (χ4v) is 1.67. The molecule has 0 spiro atoms. The molecule has 0 fully saturated rings. The molecule has 0 aromatic carbocycles. The lowest BCUT2D eigenvalue weighted by Gasteiger charge is -2.13. The summed E-state index contributed by atoms with van der Waals surface area (Å²) in [6, 6.07) is 0. The molecule has 80 valence electrons. The Morgan fingerprint density at radius 2 is 2.47 bits per heavy atom. The number of amides is 1. The second kappa shape index (κ2) is 3.51. The van der Waals surface area contributed by atoms with Crippen molar-refractivity contribution in [3.05, 3.63) is 30.1 Å². The van der Waals surface area contributed by atoms with Gasteiger partial charge < -0.3 is 10.6 Å². The van der Waals surface area contributed by atoms with E-state index in [1.54, 1.807) is 9.58 Å². The molecule has 2 heterocycles. The molecule has 0 aliphatic carbocycles. The van der Waals surface area contributed by atoms with Gasteiger partial charge in [-0.3, -0.25) is 9.48 Å². The zero-order valence-electron chi connectivity index (χ0n) is 8.68. The van der Waals surface area contributed by atoms with E-state index in [0.29, 0.717) is 13.1 Å². The van der Waals surface area contributed by atoms with Crippen LogP contribution < -0.4 is 5.73 Å². The van der Waals surface area contributed by atoms with Gasteiger partial charge in [-0.2, -0.15) is 5.10 Å². The number of nitrogens with two attached hydrogens (primary N) is 1. The Morgan fingerprint density at radius 1 is 1.73 bits per heavy atom. The van der Waals surface area contributed by atoms with Gasteiger partial charge in [-0.1, -0.05) is 6.58 Å². The number of aromatic nitrogens is 2. The van der Waals surface area contributed by atoms with Gasteiger partial charge in [0.05, 0.1) is 18.4 Å². The Balaban J connectivity index is 2.16. The molecular formula is C10H14N4O. The first-order valence-corrected chi connectivity index (χ1v) is 4.85. The fourth-order valence-electron chi connectivity index (χ4n) is 1.67. The van der Waals surface area contributed by atoms with Crippen LogP contribution in [0.2, 0.25) is 0 Å². The number of carbonyl (C=O) groups is 1. The van der Waals surface area contributed by atoms with Crippen LogP contribution in [-0.2, 0) is 17.9 Å². The Kier molecular flexibility index (Phi) is 2.32. The Morgan fingerprint density at radius 3 is 3.00 bits per heavy atom. The molecule has 0 unspecified atom stereocenters. The first-order chi connectivity index (χ1) is 7.11. The quantitative estimate of drug-likeness (QED) is 0.712. The molecule has 0 saturated heterocycles. The second-order valence-corrected chi connectivity index (χ2v) is 3.72. The number of nitrogens with zero attached hydrogens (tertiary/aromatic N) is 3. The summed E-state index contributed by atoms with van der Waals surface area (Å²) in [6.07, 6.45) is 3.10. The minimum Gasteiger partial charge on any atom is -0.329 e. The predicted molar refractivity (Wildman–Crippen MR) is 55.6 cm³/mol. The number of hydrogen-bond donors (Lipinski definition) is 1. The van der Waals surface area contributed by atoms with Gasteiger partial charge in [0.2, 0.25) is 5.91 Å². The van der Waals surface area contributed by atoms with Gasteiger partial charge in [-0.15, -0.1) is 0 Å². The highest BCUT2D eigenvalue weighted by atomic mass is 16.2. The van der Waals surface area contributed by atoms with Crippen molar-refractivity contribution < 1.29 is 4.79 Å². The van der Waals surface area contributed by atoms with Crippen LogP contribution >= 0.6 is 0 Å². The smallest absolute Gasteiger partial charge is 0.246 e. The van der Waals surface area contributed by atoms with Crippen molar-refractivity contribution in [2.45, 2.75) is 26.2 Å². The number of fused-ring (bicyclic) bond motifs is 1. The molecule has 1 amide bonds. The van der Waals surface area contributed by atoms with E-state index in [1.807, 2.05) is 13.1 Å². The summed E-state index contributed by atoms with van der Waals surface area (Å²) in [5, 5.41) is 4.32. The average Bonchev–Trinajstić information content (AvgIpc) is 2.72. The van der Waals surface area contributed by atoms with Gasteiger partial charge in [-0.05, 0) is 13.0 Å². The zero-order chi connectivity index (χ0) is 11.0. The van der Waals surface area contributed by atoms with Crippen molar-refractivity contribution in [3.8, 4) is 0 Å². The van der Waals surface area contributed by atoms with Crippen LogP contribution in [0, 0.1) is 0 Å². The van der Waals surface area contributed by atoms with Crippen LogP contribution in [0.25, 0.3) is 0 Å². The van der Waals surface area contributed by atoms with E-state index in [2.05, 4.69) is 11.7 Å². The molecule has 0 saturated carbocycles. The van der Waals surface area contributed by atoms with Gasteiger partial charge in [0.15, 0.2) is 0 Å². The summed E-state index contributed by atoms with van der Waals surface area (Å²) in [5.41, 5.74) is 7.70. The largest absolute Gasteiger partial charge is 0.329 e. The topological polar surface area (TPSA) is 64.2 Å². The molecule has 1 aliphatic heterocycles. The standard InChI is InChI=1S/C10H14N4O/c1-3-10(15)13-4-8-5-14(7(2)11)12-9(8)6-13/h3,5,7H,1,4,6,11H2,2H3/t7-/m0/s1. The number of hydrogen-bond acceptors (Lipinski definition) is 3. The maximum absolute atomic E-state index is 11.3. The third kappa shape index (κ3) is 1.66. The normalized spacial score (nSPS) is 16.3. The Bertz CT molecular complexity index is 384. The minimum atomic E-state index is -0.126. The lowest BCUT2D eigenvalue weighted by Crippen LogP contribution is -2.24. The van der Waals surface area contributed by atoms with Crippen LogP contribution in [0.3, 0.4) is 0 Å². The summed E-state index contributed by atoms with van der Waals surface area (Å²) in [4.78, 5) is 13.1. The maximum Gasteiger partial charge on any atom is 0.246 e. The van der Waals surface area contributed by atoms with Gasteiger partial charge in [-0.25, -0.2) is 0 Å². The van der Waals surface area contributed by atoms with Crippen molar-refractivity contribution in [2.24, 2.45) is 5.73 Å². The molecule has 0 radical (unpaired) electrons. The van der Waals surface area contributed by atoms with E-state index in [4.69, 9.17) is 5.73 Å². The third-order valence-corrected chi connectivity index (χ3v) is 2.50. The molecule has 2 N–H and O–H groups in total. The third-order valence-electron chi connectivity index (χ3n) is 2.50. The summed E-state index contributed by atoms with van der Waals surface area (Å²) in [5.74, 6) is -0.0552. The summed E-state index contributed by atoms with van der Waals surface area (Å²) < 4.78 is 1.72. The zero-order valence-corrected chi connectivity index (χ0v) is 8.68. The monoisotopic (exact) mass is 206 g/mol. The van der Waals surface area contributed by atoms with Gasteiger partial charge in [0.1, 0.15) is 0 Å². The second-order valence-electron chi connectivity index (χ2n) is 3.72. The lowest BCUT2D eigenvalue weighted by atomic mass is 10.3. The van der Waals surface area contributed by atoms with E-state index in [-0.39, 0.29) is 12.1 Å². The van der Waals surface area contributed by atoms with Crippen LogP contribution in [0.15, 0.2) is 18.9 Å². The molecule has 1 aromatic heterocycles. The fraction of sp³-hybridized carbons (Fsp3) is 0.400. The van der Waals surface area contributed by atoms with Gasteiger partial charge in [0, 0.05) is 18.3 Å². The van der Waals surface area contributed by atoms with Crippen molar-refractivity contribution >= 4 is 5.91 Å². The Labute approximate surface area is 88.2 Å². The lowest BCUT2D eigenvalue weighted by molar-refractivity contribution is -0.126. The summed E-state index contributed by atoms with van der Waals surface area (Å²) in [7, 11) is 0. The molecule has 2 rings (SSSR count). The van der Waals surface area contributed by atoms with Crippen LogP contribution in [0.4, 0.5) is 0 Å². The van der Waals surface area contributed by atoms with E-state index < -0.39 is 0 Å². The van der Waals surface area contributed by atoms with E-state index in [0.717, 1.165) is 11.3 Å². The van der Waals surface area contributed by atoms with Crippen LogP contribution in [-0.4, -0.2) is 20.6 Å². The van der Waals surface area contributed by atoms with Crippen molar-refractivity contribution in [2.75, 3.05) is 0 Å².